The van der Waals surface area contributed by atoms with Gasteiger partial charge in [0.25, 0.3) is 0 Å². The summed E-state index contributed by atoms with van der Waals surface area (Å²) in [5.41, 5.74) is 0. The van der Waals surface area contributed by atoms with Crippen molar-refractivity contribution in [2.24, 2.45) is 5.92 Å². The van der Waals surface area contributed by atoms with Crippen LogP contribution < -0.4 is 5.32 Å². The maximum atomic E-state index is 5.94. The molecule has 1 saturated heterocycles. The highest BCUT2D eigenvalue weighted by Crippen LogP contribution is 2.40. The third-order valence-corrected chi connectivity index (χ3v) is 4.56. The molecule has 1 aliphatic carbocycles. The summed E-state index contributed by atoms with van der Waals surface area (Å²) in [6.07, 6.45) is 5.39. The standard InChI is InChI=1S/C11H13BrClN3O/c12-8-10(13)14-5-15-11(8)16-7-3-4-17-9(7)6-1-2-6/h5-7,9H,1-4H2,(H,14,15,16). The highest BCUT2D eigenvalue weighted by atomic mass is 79.9. The molecule has 2 atom stereocenters. The number of ether oxygens (including phenoxy) is 1. The summed E-state index contributed by atoms with van der Waals surface area (Å²) in [6, 6.07) is 0.338. The van der Waals surface area contributed by atoms with Crippen LogP contribution in [0.25, 0.3) is 0 Å². The predicted molar refractivity (Wildman–Crippen MR) is 69.2 cm³/mol. The van der Waals surface area contributed by atoms with Gasteiger partial charge in [-0.2, -0.15) is 0 Å². The molecule has 0 spiro atoms. The topological polar surface area (TPSA) is 47.0 Å². The lowest BCUT2D eigenvalue weighted by Gasteiger charge is -2.20. The van der Waals surface area contributed by atoms with Gasteiger partial charge in [-0.15, -0.1) is 0 Å². The Morgan fingerprint density at radius 1 is 1.35 bits per heavy atom. The molecule has 0 bridgehead atoms. The van der Waals surface area contributed by atoms with E-state index in [2.05, 4.69) is 31.2 Å². The van der Waals surface area contributed by atoms with E-state index in [1.54, 1.807) is 0 Å². The molecule has 3 rings (SSSR count). The first-order chi connectivity index (χ1) is 8.25. The Kier molecular flexibility index (Phi) is 3.23. The molecule has 1 aromatic heterocycles. The summed E-state index contributed by atoms with van der Waals surface area (Å²) >= 11 is 9.34. The van der Waals surface area contributed by atoms with Crippen molar-refractivity contribution in [1.29, 1.82) is 0 Å². The maximum Gasteiger partial charge on any atom is 0.148 e. The van der Waals surface area contributed by atoms with Crippen molar-refractivity contribution in [2.45, 2.75) is 31.4 Å². The molecule has 0 radical (unpaired) electrons. The van der Waals surface area contributed by atoms with Crippen molar-refractivity contribution in [2.75, 3.05) is 11.9 Å². The summed E-state index contributed by atoms with van der Waals surface area (Å²) in [4.78, 5) is 8.12. The first-order valence-corrected chi connectivity index (χ1v) is 6.97. The molecule has 2 unspecified atom stereocenters. The second-order valence-corrected chi connectivity index (χ2v) is 5.69. The van der Waals surface area contributed by atoms with E-state index in [0.717, 1.165) is 29.2 Å². The minimum Gasteiger partial charge on any atom is -0.376 e. The number of nitrogens with one attached hydrogen (secondary N) is 1. The van der Waals surface area contributed by atoms with Gasteiger partial charge in [-0.3, -0.25) is 0 Å². The number of aromatic nitrogens is 2. The smallest absolute Gasteiger partial charge is 0.148 e. The minimum atomic E-state index is 0.329. The lowest BCUT2D eigenvalue weighted by molar-refractivity contribution is 0.0898. The summed E-state index contributed by atoms with van der Waals surface area (Å²) in [5.74, 6) is 1.48. The number of hydrogen-bond acceptors (Lipinski definition) is 4. The van der Waals surface area contributed by atoms with Crippen molar-refractivity contribution in [3.63, 3.8) is 0 Å². The SMILES string of the molecule is Clc1ncnc(NC2CCOC2C2CC2)c1Br. The van der Waals surface area contributed by atoms with Crippen LogP contribution in [0, 0.1) is 5.92 Å². The van der Waals surface area contributed by atoms with Crippen LogP contribution in [0.3, 0.4) is 0 Å². The molecular formula is C11H13BrClN3O. The molecule has 0 amide bonds. The van der Waals surface area contributed by atoms with Gasteiger partial charge in [-0.25, -0.2) is 9.97 Å². The number of hydrogen-bond donors (Lipinski definition) is 1. The second kappa shape index (κ2) is 4.71. The van der Waals surface area contributed by atoms with Crippen LogP contribution in [0.2, 0.25) is 5.15 Å². The Morgan fingerprint density at radius 2 is 2.18 bits per heavy atom. The van der Waals surface area contributed by atoms with Crippen LogP contribution in [0.5, 0.6) is 0 Å². The summed E-state index contributed by atoms with van der Waals surface area (Å²) in [7, 11) is 0. The highest BCUT2D eigenvalue weighted by Gasteiger charge is 2.40. The van der Waals surface area contributed by atoms with Crippen molar-refractivity contribution < 1.29 is 4.74 Å². The Bertz CT molecular complexity index is 427. The molecule has 2 fully saturated rings. The zero-order valence-corrected chi connectivity index (χ0v) is 11.5. The molecule has 1 saturated carbocycles. The normalized spacial score (nSPS) is 28.4. The van der Waals surface area contributed by atoms with E-state index >= 15 is 0 Å². The zero-order chi connectivity index (χ0) is 11.8. The molecule has 92 valence electrons. The molecule has 2 heterocycles. The third kappa shape index (κ3) is 2.41. The van der Waals surface area contributed by atoms with Gasteiger partial charge in [0.1, 0.15) is 17.3 Å². The quantitative estimate of drug-likeness (QED) is 0.871. The van der Waals surface area contributed by atoms with E-state index in [0.29, 0.717) is 17.3 Å². The van der Waals surface area contributed by atoms with Crippen LogP contribution in [0.1, 0.15) is 19.3 Å². The lowest BCUT2D eigenvalue weighted by Crippen LogP contribution is -2.31. The van der Waals surface area contributed by atoms with Crippen LogP contribution in [0.4, 0.5) is 5.82 Å². The van der Waals surface area contributed by atoms with Crippen molar-refractivity contribution in [3.8, 4) is 0 Å². The van der Waals surface area contributed by atoms with Crippen LogP contribution >= 0.6 is 27.5 Å². The van der Waals surface area contributed by atoms with Crippen LogP contribution in [0.15, 0.2) is 10.8 Å². The zero-order valence-electron chi connectivity index (χ0n) is 9.20. The Balaban J connectivity index is 1.75. The highest BCUT2D eigenvalue weighted by molar-refractivity contribution is 9.10. The molecule has 1 aliphatic heterocycles. The van der Waals surface area contributed by atoms with E-state index in [1.165, 1.54) is 19.2 Å². The van der Waals surface area contributed by atoms with Gasteiger partial charge in [-0.1, -0.05) is 11.6 Å². The first kappa shape index (κ1) is 11.7. The Morgan fingerprint density at radius 3 is 2.94 bits per heavy atom. The van der Waals surface area contributed by atoms with Crippen molar-refractivity contribution >= 4 is 33.3 Å². The van der Waals surface area contributed by atoms with E-state index in [4.69, 9.17) is 16.3 Å². The fourth-order valence-corrected chi connectivity index (χ4v) is 2.73. The average Bonchev–Trinajstić information content (AvgIpc) is 3.06. The van der Waals surface area contributed by atoms with Gasteiger partial charge in [-0.05, 0) is 41.1 Å². The minimum absolute atomic E-state index is 0.329. The van der Waals surface area contributed by atoms with Crippen molar-refractivity contribution in [3.05, 3.63) is 16.0 Å². The number of anilines is 1. The molecule has 6 heteroatoms. The summed E-state index contributed by atoms with van der Waals surface area (Å²) in [5, 5.41) is 3.85. The number of nitrogens with zero attached hydrogens (tertiary/aromatic N) is 2. The molecular weight excluding hydrogens is 305 g/mol. The number of halogens is 2. The first-order valence-electron chi connectivity index (χ1n) is 5.80. The second-order valence-electron chi connectivity index (χ2n) is 4.54. The fraction of sp³-hybridized carbons (Fsp3) is 0.636. The lowest BCUT2D eigenvalue weighted by atomic mass is 10.1. The monoisotopic (exact) mass is 317 g/mol. The van der Waals surface area contributed by atoms with Gasteiger partial charge in [0.05, 0.1) is 16.6 Å². The van der Waals surface area contributed by atoms with E-state index in [1.807, 2.05) is 0 Å². The number of rotatable bonds is 3. The van der Waals surface area contributed by atoms with Crippen molar-refractivity contribution in [1.82, 2.24) is 9.97 Å². The summed E-state index contributed by atoms with van der Waals surface area (Å²) in [6.45, 7) is 0.829. The molecule has 0 aromatic carbocycles. The molecule has 4 nitrogen and oxygen atoms in total. The van der Waals surface area contributed by atoms with E-state index < -0.39 is 0 Å². The average molecular weight is 319 g/mol. The molecule has 17 heavy (non-hydrogen) atoms. The summed E-state index contributed by atoms with van der Waals surface area (Å²) < 4.78 is 6.50. The van der Waals surface area contributed by atoms with Gasteiger partial charge in [0, 0.05) is 6.61 Å². The van der Waals surface area contributed by atoms with Crippen LogP contribution in [-0.4, -0.2) is 28.7 Å². The largest absolute Gasteiger partial charge is 0.376 e. The van der Waals surface area contributed by atoms with Gasteiger partial charge in [0.15, 0.2) is 0 Å². The Hall–Kier alpha value is -0.390. The fourth-order valence-electron chi connectivity index (χ4n) is 2.28. The van der Waals surface area contributed by atoms with Gasteiger partial charge in [0.2, 0.25) is 0 Å². The van der Waals surface area contributed by atoms with E-state index in [-0.39, 0.29) is 0 Å². The Labute approximate surface area is 113 Å². The third-order valence-electron chi connectivity index (χ3n) is 3.29. The predicted octanol–water partition coefficient (Wildman–Crippen LogP) is 2.87. The van der Waals surface area contributed by atoms with Crippen LogP contribution in [-0.2, 0) is 4.74 Å². The van der Waals surface area contributed by atoms with Gasteiger partial charge < -0.3 is 10.1 Å². The van der Waals surface area contributed by atoms with E-state index in [9.17, 15) is 0 Å². The molecule has 1 aromatic rings. The van der Waals surface area contributed by atoms with Gasteiger partial charge >= 0.3 is 0 Å². The maximum absolute atomic E-state index is 5.94. The molecule has 1 N–H and O–H groups in total. The molecule has 2 aliphatic rings.